The summed E-state index contributed by atoms with van der Waals surface area (Å²) in [5.41, 5.74) is 1.43. The molecule has 2 atom stereocenters. The second kappa shape index (κ2) is 6.77. The maximum absolute atomic E-state index is 3.61. The van der Waals surface area contributed by atoms with Crippen LogP contribution >= 0.6 is 0 Å². The Kier molecular flexibility index (Phi) is 5.02. The average molecular weight is 232 g/mol. The summed E-state index contributed by atoms with van der Waals surface area (Å²) in [4.78, 5) is 0. The largest absolute Gasteiger partial charge is 0.316 e. The summed E-state index contributed by atoms with van der Waals surface area (Å²) in [7, 11) is 0. The zero-order valence-electron chi connectivity index (χ0n) is 10.8. The molecule has 1 aromatic rings. The van der Waals surface area contributed by atoms with Crippen LogP contribution in [0.25, 0.3) is 0 Å². The van der Waals surface area contributed by atoms with Crippen molar-refractivity contribution in [2.75, 3.05) is 26.2 Å². The van der Waals surface area contributed by atoms with Crippen LogP contribution < -0.4 is 10.6 Å². The molecular weight excluding hydrogens is 208 g/mol. The lowest BCUT2D eigenvalue weighted by atomic mass is 9.98. The van der Waals surface area contributed by atoms with E-state index in [1.807, 2.05) is 0 Å². The van der Waals surface area contributed by atoms with Crippen LogP contribution in [0.5, 0.6) is 0 Å². The minimum absolute atomic E-state index is 0.604. The van der Waals surface area contributed by atoms with Crippen molar-refractivity contribution in [3.63, 3.8) is 0 Å². The van der Waals surface area contributed by atoms with E-state index in [-0.39, 0.29) is 0 Å². The molecule has 0 radical (unpaired) electrons. The Hall–Kier alpha value is -0.860. The summed E-state index contributed by atoms with van der Waals surface area (Å²) in [6.45, 7) is 6.93. The first kappa shape index (κ1) is 12.6. The Balaban J connectivity index is 1.67. The second-order valence-electron chi connectivity index (χ2n) is 5.18. The van der Waals surface area contributed by atoms with E-state index in [4.69, 9.17) is 0 Å². The van der Waals surface area contributed by atoms with Crippen LogP contribution in [0, 0.1) is 5.92 Å². The third-order valence-electron chi connectivity index (χ3n) is 3.65. The highest BCUT2D eigenvalue weighted by atomic mass is 14.9. The molecule has 0 saturated carbocycles. The van der Waals surface area contributed by atoms with Crippen molar-refractivity contribution in [3.05, 3.63) is 35.9 Å². The summed E-state index contributed by atoms with van der Waals surface area (Å²) in [5.74, 6) is 1.43. The van der Waals surface area contributed by atoms with Gasteiger partial charge in [-0.25, -0.2) is 0 Å². The standard InChI is InChI=1S/C15H24N2/c1-13(15-7-3-2-4-8-15)10-17-12-14-6-5-9-16-11-14/h2-4,7-8,13-14,16-17H,5-6,9-12H2,1H3. The van der Waals surface area contributed by atoms with E-state index in [9.17, 15) is 0 Å². The van der Waals surface area contributed by atoms with E-state index in [1.54, 1.807) is 0 Å². The van der Waals surface area contributed by atoms with Crippen molar-refractivity contribution >= 4 is 0 Å². The number of nitrogens with one attached hydrogen (secondary N) is 2. The predicted molar refractivity (Wildman–Crippen MR) is 73.3 cm³/mol. The van der Waals surface area contributed by atoms with E-state index < -0.39 is 0 Å². The van der Waals surface area contributed by atoms with Crippen LogP contribution in [-0.4, -0.2) is 26.2 Å². The number of rotatable bonds is 5. The van der Waals surface area contributed by atoms with Crippen LogP contribution in [-0.2, 0) is 0 Å². The molecule has 0 spiro atoms. The van der Waals surface area contributed by atoms with Gasteiger partial charge in [0, 0.05) is 6.54 Å². The van der Waals surface area contributed by atoms with Gasteiger partial charge in [-0.1, -0.05) is 37.3 Å². The summed E-state index contributed by atoms with van der Waals surface area (Å²) in [6, 6.07) is 10.8. The Labute approximate surface area is 105 Å². The van der Waals surface area contributed by atoms with Crippen LogP contribution in [0.2, 0.25) is 0 Å². The molecule has 2 unspecified atom stereocenters. The fourth-order valence-electron chi connectivity index (χ4n) is 2.50. The van der Waals surface area contributed by atoms with Gasteiger partial charge in [0.15, 0.2) is 0 Å². The van der Waals surface area contributed by atoms with Crippen LogP contribution in [0.3, 0.4) is 0 Å². The molecule has 94 valence electrons. The number of hydrogen-bond donors (Lipinski definition) is 2. The van der Waals surface area contributed by atoms with Crippen LogP contribution in [0.15, 0.2) is 30.3 Å². The van der Waals surface area contributed by atoms with Gasteiger partial charge < -0.3 is 10.6 Å². The minimum Gasteiger partial charge on any atom is -0.316 e. The number of hydrogen-bond acceptors (Lipinski definition) is 2. The Bertz CT molecular complexity index is 304. The highest BCUT2D eigenvalue weighted by Crippen LogP contribution is 2.14. The van der Waals surface area contributed by atoms with Gasteiger partial charge in [-0.2, -0.15) is 0 Å². The van der Waals surface area contributed by atoms with E-state index in [0.717, 1.165) is 19.0 Å². The van der Waals surface area contributed by atoms with Crippen LogP contribution in [0.1, 0.15) is 31.2 Å². The van der Waals surface area contributed by atoms with Crippen LogP contribution in [0.4, 0.5) is 0 Å². The molecular formula is C15H24N2. The molecule has 1 fully saturated rings. The summed E-state index contributed by atoms with van der Waals surface area (Å²) in [5, 5.41) is 7.08. The zero-order valence-corrected chi connectivity index (χ0v) is 10.8. The van der Waals surface area contributed by atoms with E-state index in [1.165, 1.54) is 31.5 Å². The predicted octanol–water partition coefficient (Wildman–Crippen LogP) is 2.38. The molecule has 17 heavy (non-hydrogen) atoms. The Morgan fingerprint density at radius 2 is 2.18 bits per heavy atom. The fourth-order valence-corrected chi connectivity index (χ4v) is 2.50. The van der Waals surface area contributed by atoms with E-state index in [0.29, 0.717) is 5.92 Å². The second-order valence-corrected chi connectivity index (χ2v) is 5.18. The molecule has 2 rings (SSSR count). The molecule has 1 saturated heterocycles. The van der Waals surface area contributed by atoms with Crippen molar-refractivity contribution in [2.45, 2.75) is 25.7 Å². The van der Waals surface area contributed by atoms with Gasteiger partial charge in [-0.15, -0.1) is 0 Å². The van der Waals surface area contributed by atoms with Crippen molar-refractivity contribution in [1.82, 2.24) is 10.6 Å². The van der Waals surface area contributed by atoms with Crippen molar-refractivity contribution in [2.24, 2.45) is 5.92 Å². The average Bonchev–Trinajstić information content (AvgIpc) is 2.41. The lowest BCUT2D eigenvalue weighted by molar-refractivity contribution is 0.358. The first-order valence-corrected chi connectivity index (χ1v) is 6.82. The van der Waals surface area contributed by atoms with Gasteiger partial charge in [-0.3, -0.25) is 0 Å². The smallest absolute Gasteiger partial charge is 0.00176 e. The molecule has 1 aliphatic rings. The molecule has 0 aromatic heterocycles. The topological polar surface area (TPSA) is 24.1 Å². The highest BCUT2D eigenvalue weighted by molar-refractivity contribution is 5.18. The minimum atomic E-state index is 0.604. The molecule has 1 aliphatic heterocycles. The SMILES string of the molecule is CC(CNCC1CCCNC1)c1ccccc1. The van der Waals surface area contributed by atoms with Gasteiger partial charge >= 0.3 is 0 Å². The maximum Gasteiger partial charge on any atom is 0.00176 e. The molecule has 1 heterocycles. The Morgan fingerprint density at radius 1 is 1.35 bits per heavy atom. The van der Waals surface area contributed by atoms with Crippen molar-refractivity contribution in [1.29, 1.82) is 0 Å². The molecule has 0 amide bonds. The molecule has 2 heteroatoms. The number of piperidine rings is 1. The number of benzene rings is 1. The summed E-state index contributed by atoms with van der Waals surface area (Å²) in [6.07, 6.45) is 2.71. The fraction of sp³-hybridized carbons (Fsp3) is 0.600. The maximum atomic E-state index is 3.61. The van der Waals surface area contributed by atoms with E-state index in [2.05, 4.69) is 47.9 Å². The third kappa shape index (κ3) is 4.14. The van der Waals surface area contributed by atoms with Gasteiger partial charge in [0.1, 0.15) is 0 Å². The molecule has 2 nitrogen and oxygen atoms in total. The lowest BCUT2D eigenvalue weighted by Crippen LogP contribution is -2.36. The first-order valence-electron chi connectivity index (χ1n) is 6.82. The van der Waals surface area contributed by atoms with Gasteiger partial charge in [0.25, 0.3) is 0 Å². The van der Waals surface area contributed by atoms with Gasteiger partial charge in [0.05, 0.1) is 0 Å². The summed E-state index contributed by atoms with van der Waals surface area (Å²) < 4.78 is 0. The summed E-state index contributed by atoms with van der Waals surface area (Å²) >= 11 is 0. The molecule has 2 N–H and O–H groups in total. The first-order chi connectivity index (χ1) is 8.36. The lowest BCUT2D eigenvalue weighted by Gasteiger charge is -2.23. The third-order valence-corrected chi connectivity index (χ3v) is 3.65. The zero-order chi connectivity index (χ0) is 11.9. The quantitative estimate of drug-likeness (QED) is 0.814. The van der Waals surface area contributed by atoms with Crippen molar-refractivity contribution in [3.8, 4) is 0 Å². The monoisotopic (exact) mass is 232 g/mol. The van der Waals surface area contributed by atoms with E-state index >= 15 is 0 Å². The normalized spacial score (nSPS) is 22.3. The molecule has 0 aliphatic carbocycles. The highest BCUT2D eigenvalue weighted by Gasteiger charge is 2.12. The molecule has 1 aromatic carbocycles. The molecule has 0 bridgehead atoms. The van der Waals surface area contributed by atoms with Gasteiger partial charge in [0.2, 0.25) is 0 Å². The van der Waals surface area contributed by atoms with Crippen molar-refractivity contribution < 1.29 is 0 Å². The van der Waals surface area contributed by atoms with Gasteiger partial charge in [-0.05, 0) is 49.9 Å². The Morgan fingerprint density at radius 3 is 2.88 bits per heavy atom.